The minimum absolute atomic E-state index is 0.421. The van der Waals surface area contributed by atoms with Crippen LogP contribution in [0, 0.1) is 5.92 Å². The van der Waals surface area contributed by atoms with Gasteiger partial charge < -0.3 is 20.5 Å². The minimum Gasteiger partial charge on any atom is -0.383 e. The highest BCUT2D eigenvalue weighted by Gasteiger charge is 2.23. The third-order valence-electron chi connectivity index (χ3n) is 3.30. The van der Waals surface area contributed by atoms with E-state index in [1.807, 2.05) is 0 Å². The third-order valence-corrected chi connectivity index (χ3v) is 3.30. The van der Waals surface area contributed by atoms with Crippen LogP contribution in [-0.2, 0) is 9.47 Å². The van der Waals surface area contributed by atoms with E-state index in [9.17, 15) is 0 Å². The van der Waals surface area contributed by atoms with Crippen LogP contribution in [0.25, 0.3) is 0 Å². The molecule has 1 aliphatic rings. The van der Waals surface area contributed by atoms with E-state index in [1.54, 1.807) is 7.11 Å². The topological polar surface area (TPSA) is 56.5 Å². The highest BCUT2D eigenvalue weighted by atomic mass is 16.5. The molecular formula is C12H26N2O2. The molecule has 0 aliphatic carbocycles. The second-order valence-electron chi connectivity index (χ2n) is 4.66. The van der Waals surface area contributed by atoms with Crippen molar-refractivity contribution in [2.24, 2.45) is 11.7 Å². The van der Waals surface area contributed by atoms with Crippen molar-refractivity contribution in [3.05, 3.63) is 0 Å². The van der Waals surface area contributed by atoms with Crippen LogP contribution in [0.4, 0.5) is 0 Å². The first-order valence-corrected chi connectivity index (χ1v) is 6.30. The molecule has 1 rings (SSSR count). The molecule has 1 heterocycles. The van der Waals surface area contributed by atoms with E-state index in [4.69, 9.17) is 15.2 Å². The van der Waals surface area contributed by atoms with Crippen LogP contribution in [0.3, 0.4) is 0 Å². The SMILES string of the molecule is COCC(CCCN)NC(C)C1CCOC1. The molecule has 0 aromatic rings. The first kappa shape index (κ1) is 13.9. The number of hydrogen-bond acceptors (Lipinski definition) is 4. The first-order chi connectivity index (χ1) is 7.77. The van der Waals surface area contributed by atoms with Crippen molar-refractivity contribution < 1.29 is 9.47 Å². The standard InChI is InChI=1S/C12H26N2O2/c1-10(11-5-7-16-8-11)14-12(9-15-2)4-3-6-13/h10-12,14H,3-9,13H2,1-2H3. The van der Waals surface area contributed by atoms with Gasteiger partial charge in [0.1, 0.15) is 0 Å². The maximum atomic E-state index is 5.54. The summed E-state index contributed by atoms with van der Waals surface area (Å²) in [4.78, 5) is 0. The Morgan fingerprint density at radius 2 is 2.38 bits per heavy atom. The fourth-order valence-electron chi connectivity index (χ4n) is 2.24. The molecule has 0 spiro atoms. The zero-order valence-electron chi connectivity index (χ0n) is 10.6. The summed E-state index contributed by atoms with van der Waals surface area (Å²) in [5.41, 5.74) is 5.54. The van der Waals surface area contributed by atoms with Crippen LogP contribution in [0.1, 0.15) is 26.2 Å². The quantitative estimate of drug-likeness (QED) is 0.646. The highest BCUT2D eigenvalue weighted by molar-refractivity contribution is 4.79. The Morgan fingerprint density at radius 1 is 1.56 bits per heavy atom. The molecule has 0 radical (unpaired) electrons. The normalized spacial score (nSPS) is 24.6. The molecule has 3 N–H and O–H groups in total. The Bertz CT molecular complexity index is 172. The van der Waals surface area contributed by atoms with Gasteiger partial charge in [0, 0.05) is 25.8 Å². The van der Waals surface area contributed by atoms with Gasteiger partial charge in [0.2, 0.25) is 0 Å². The van der Waals surface area contributed by atoms with E-state index in [0.29, 0.717) is 18.0 Å². The van der Waals surface area contributed by atoms with E-state index < -0.39 is 0 Å². The molecule has 3 unspecified atom stereocenters. The molecule has 3 atom stereocenters. The van der Waals surface area contributed by atoms with E-state index in [2.05, 4.69) is 12.2 Å². The predicted molar refractivity (Wildman–Crippen MR) is 65.5 cm³/mol. The molecule has 1 aliphatic heterocycles. The van der Waals surface area contributed by atoms with Gasteiger partial charge in [0.15, 0.2) is 0 Å². The van der Waals surface area contributed by atoms with Crippen LogP contribution >= 0.6 is 0 Å². The molecule has 4 nitrogen and oxygen atoms in total. The average molecular weight is 230 g/mol. The molecule has 4 heteroatoms. The summed E-state index contributed by atoms with van der Waals surface area (Å²) in [5, 5.41) is 3.63. The monoisotopic (exact) mass is 230 g/mol. The van der Waals surface area contributed by atoms with Crippen LogP contribution in [-0.4, -0.2) is 45.6 Å². The van der Waals surface area contributed by atoms with Crippen molar-refractivity contribution in [1.29, 1.82) is 0 Å². The van der Waals surface area contributed by atoms with E-state index in [0.717, 1.165) is 39.2 Å². The van der Waals surface area contributed by atoms with Gasteiger partial charge in [-0.15, -0.1) is 0 Å². The first-order valence-electron chi connectivity index (χ1n) is 6.30. The predicted octanol–water partition coefficient (Wildman–Crippen LogP) is 0.755. The van der Waals surface area contributed by atoms with Crippen molar-refractivity contribution in [2.45, 2.75) is 38.3 Å². The Balaban J connectivity index is 2.27. The largest absolute Gasteiger partial charge is 0.383 e. The van der Waals surface area contributed by atoms with Crippen molar-refractivity contribution >= 4 is 0 Å². The number of hydrogen-bond donors (Lipinski definition) is 2. The molecule has 96 valence electrons. The van der Waals surface area contributed by atoms with Gasteiger partial charge in [-0.2, -0.15) is 0 Å². The van der Waals surface area contributed by atoms with Gasteiger partial charge in [0.25, 0.3) is 0 Å². The Labute approximate surface area is 98.9 Å². The summed E-state index contributed by atoms with van der Waals surface area (Å²) in [6.07, 6.45) is 3.31. The fourth-order valence-corrected chi connectivity index (χ4v) is 2.24. The number of nitrogens with two attached hydrogens (primary N) is 1. The molecule has 0 amide bonds. The van der Waals surface area contributed by atoms with Gasteiger partial charge in [-0.25, -0.2) is 0 Å². The highest BCUT2D eigenvalue weighted by Crippen LogP contribution is 2.17. The number of rotatable bonds is 8. The Hall–Kier alpha value is -0.160. The van der Waals surface area contributed by atoms with Crippen LogP contribution < -0.4 is 11.1 Å². The lowest BCUT2D eigenvalue weighted by Crippen LogP contribution is -2.43. The zero-order chi connectivity index (χ0) is 11.8. The molecule has 0 aromatic carbocycles. The summed E-state index contributed by atoms with van der Waals surface area (Å²) in [7, 11) is 1.75. The third kappa shape index (κ3) is 4.78. The Kier molecular flexibility index (Phi) is 6.96. The van der Waals surface area contributed by atoms with Crippen LogP contribution in [0.5, 0.6) is 0 Å². The zero-order valence-corrected chi connectivity index (χ0v) is 10.6. The minimum atomic E-state index is 0.421. The lowest BCUT2D eigenvalue weighted by Gasteiger charge is -2.26. The average Bonchev–Trinajstić information content (AvgIpc) is 2.79. The van der Waals surface area contributed by atoms with Gasteiger partial charge in [0.05, 0.1) is 13.2 Å². The van der Waals surface area contributed by atoms with Crippen molar-refractivity contribution in [3.8, 4) is 0 Å². The van der Waals surface area contributed by atoms with Crippen molar-refractivity contribution in [1.82, 2.24) is 5.32 Å². The van der Waals surface area contributed by atoms with Crippen LogP contribution in [0.15, 0.2) is 0 Å². The van der Waals surface area contributed by atoms with Crippen molar-refractivity contribution in [2.75, 3.05) is 33.5 Å². The van der Waals surface area contributed by atoms with E-state index in [-0.39, 0.29) is 0 Å². The smallest absolute Gasteiger partial charge is 0.0615 e. The van der Waals surface area contributed by atoms with Crippen LogP contribution in [0.2, 0.25) is 0 Å². The molecule has 0 bridgehead atoms. The molecule has 16 heavy (non-hydrogen) atoms. The lowest BCUT2D eigenvalue weighted by atomic mass is 9.99. The van der Waals surface area contributed by atoms with E-state index in [1.165, 1.54) is 6.42 Å². The summed E-state index contributed by atoms with van der Waals surface area (Å²) in [5.74, 6) is 0.650. The Morgan fingerprint density at radius 3 is 2.94 bits per heavy atom. The van der Waals surface area contributed by atoms with E-state index >= 15 is 0 Å². The maximum absolute atomic E-state index is 5.54. The molecule has 0 aromatic heterocycles. The summed E-state index contributed by atoms with van der Waals surface area (Å²) < 4.78 is 10.6. The van der Waals surface area contributed by atoms with Gasteiger partial charge in [-0.05, 0) is 38.6 Å². The van der Waals surface area contributed by atoms with Gasteiger partial charge in [-0.1, -0.05) is 0 Å². The lowest BCUT2D eigenvalue weighted by molar-refractivity contribution is 0.143. The van der Waals surface area contributed by atoms with Gasteiger partial charge in [-0.3, -0.25) is 0 Å². The van der Waals surface area contributed by atoms with Crippen molar-refractivity contribution in [3.63, 3.8) is 0 Å². The fraction of sp³-hybridized carbons (Fsp3) is 1.00. The molecular weight excluding hydrogens is 204 g/mol. The summed E-state index contributed by atoms with van der Waals surface area (Å²) in [6, 6.07) is 0.921. The second kappa shape index (κ2) is 8.01. The summed E-state index contributed by atoms with van der Waals surface area (Å²) in [6.45, 7) is 5.56. The molecule has 1 saturated heterocycles. The molecule has 0 saturated carbocycles. The number of nitrogens with one attached hydrogen (secondary N) is 1. The second-order valence-corrected chi connectivity index (χ2v) is 4.66. The number of ether oxygens (including phenoxy) is 2. The molecule has 1 fully saturated rings. The number of methoxy groups -OCH3 is 1. The summed E-state index contributed by atoms with van der Waals surface area (Å²) >= 11 is 0. The van der Waals surface area contributed by atoms with Gasteiger partial charge >= 0.3 is 0 Å². The maximum Gasteiger partial charge on any atom is 0.0615 e.